The van der Waals surface area contributed by atoms with E-state index in [0.29, 0.717) is 0 Å². The molecule has 5 nitrogen and oxygen atoms in total. The quantitative estimate of drug-likeness (QED) is 0.307. The Balaban J connectivity index is 0. The lowest BCUT2D eigenvalue weighted by Gasteiger charge is -0.413. The van der Waals surface area contributed by atoms with Gasteiger partial charge in [-0.1, -0.05) is 0 Å². The normalized spacial score (nSPS) is 0. The molecule has 0 rings (SSSR count). The molecule has 0 unspecified atom stereocenters. The molecule has 43 valence electrons. The molecule has 0 saturated carbocycles. The second-order valence-electron chi connectivity index (χ2n) is 0. The summed E-state index contributed by atoms with van der Waals surface area (Å²) in [6.07, 6.45) is 0. The lowest BCUT2D eigenvalue weighted by atomic mass is 10.8. The standard InChI is InChI=1S/B.H3N.4H2O/h;1H3;4*1H2. The summed E-state index contributed by atoms with van der Waals surface area (Å²) in [6.45, 7) is 0. The van der Waals surface area contributed by atoms with Gasteiger partial charge in [-0.3, -0.25) is 0 Å². The highest BCUT2D eigenvalue weighted by molar-refractivity contribution is 5.75. The van der Waals surface area contributed by atoms with Crippen molar-refractivity contribution in [3.63, 3.8) is 0 Å². The molecule has 0 aliphatic carbocycles. The average molecular weight is 99.9 g/mol. The van der Waals surface area contributed by atoms with E-state index in [2.05, 4.69) is 0 Å². The van der Waals surface area contributed by atoms with E-state index in [1.54, 1.807) is 0 Å². The second kappa shape index (κ2) is 3980. The average Bonchev–Trinajstić information content (AvgIpc) is 0. The summed E-state index contributed by atoms with van der Waals surface area (Å²) in [5, 5.41) is 0. The van der Waals surface area contributed by atoms with E-state index < -0.39 is 0 Å². The van der Waals surface area contributed by atoms with Crippen molar-refractivity contribution in [2.45, 2.75) is 0 Å². The predicted octanol–water partition coefficient (Wildman–Crippen LogP) is -3.52. The molecule has 11 N–H and O–H groups in total. The van der Waals surface area contributed by atoms with Crippen LogP contribution in [0.25, 0.3) is 0 Å². The molecule has 6 heavy (non-hydrogen) atoms. The molecule has 0 atom stereocenters. The summed E-state index contributed by atoms with van der Waals surface area (Å²) in [5.41, 5.74) is 0. The Morgan fingerprint density at radius 2 is 0.500 bits per heavy atom. The molecule has 0 aliphatic heterocycles. The van der Waals surface area contributed by atoms with Crippen LogP contribution in [0.3, 0.4) is 0 Å². The van der Waals surface area contributed by atoms with Gasteiger partial charge >= 0.3 is 0 Å². The minimum atomic E-state index is 0. The SMILES string of the molecule is N.O.O.O.O.[B]. The minimum Gasteiger partial charge on any atom is -0.412 e. The van der Waals surface area contributed by atoms with E-state index in [4.69, 9.17) is 0 Å². The Kier molecular flexibility index (Phi) is 5050000. The maximum absolute atomic E-state index is 0. The van der Waals surface area contributed by atoms with Crippen molar-refractivity contribution in [3.8, 4) is 0 Å². The van der Waals surface area contributed by atoms with Gasteiger partial charge in [0.25, 0.3) is 0 Å². The summed E-state index contributed by atoms with van der Waals surface area (Å²) in [5.74, 6) is 0. The number of hydrogen-bond acceptors (Lipinski definition) is 1. The molecule has 0 heterocycles. The largest absolute Gasteiger partial charge is 0.412 e. The molecule has 0 aromatic carbocycles. The molecular weight excluding hydrogens is 88.8 g/mol. The predicted molar refractivity (Wildman–Crippen MR) is 25.2 cm³/mol. The lowest BCUT2D eigenvalue weighted by Crippen LogP contribution is -0.481. The van der Waals surface area contributed by atoms with Crippen LogP contribution in [-0.2, 0) is 0 Å². The molecule has 0 fully saturated rings. The third kappa shape index (κ3) is 1740. The monoisotopic (exact) mass is 100 g/mol. The summed E-state index contributed by atoms with van der Waals surface area (Å²) < 4.78 is 0. The molecule has 0 spiro atoms. The Labute approximate surface area is 37.7 Å². The van der Waals surface area contributed by atoms with Gasteiger partial charge in [0.15, 0.2) is 0 Å². The van der Waals surface area contributed by atoms with Crippen molar-refractivity contribution < 1.29 is 21.9 Å². The summed E-state index contributed by atoms with van der Waals surface area (Å²) >= 11 is 0. The van der Waals surface area contributed by atoms with Crippen LogP contribution in [0.5, 0.6) is 0 Å². The zero-order chi connectivity index (χ0) is 0. The van der Waals surface area contributed by atoms with E-state index in [1.807, 2.05) is 0 Å². The molecule has 0 aromatic heterocycles. The van der Waals surface area contributed by atoms with Crippen LogP contribution in [0, 0.1) is 0 Å². The third-order valence-electron chi connectivity index (χ3n) is 0. The minimum absolute atomic E-state index is 0. The Morgan fingerprint density at radius 1 is 0.500 bits per heavy atom. The number of hydrogen-bond donors (Lipinski definition) is 1. The van der Waals surface area contributed by atoms with Gasteiger partial charge in [0.2, 0.25) is 0 Å². The van der Waals surface area contributed by atoms with E-state index in [1.165, 1.54) is 0 Å². The third-order valence-corrected chi connectivity index (χ3v) is 0. The van der Waals surface area contributed by atoms with E-state index >= 15 is 0 Å². The first kappa shape index (κ1) is 7610. The van der Waals surface area contributed by atoms with Crippen molar-refractivity contribution in [2.75, 3.05) is 0 Å². The molecule has 6 heteroatoms. The van der Waals surface area contributed by atoms with Crippen LogP contribution in [0.4, 0.5) is 0 Å². The highest BCUT2D eigenvalue weighted by Gasteiger charge is 0.0000128. The highest BCUT2D eigenvalue weighted by atomic mass is 16.0. The van der Waals surface area contributed by atoms with Crippen LogP contribution in [0.2, 0.25) is 0 Å². The highest BCUT2D eigenvalue weighted by Crippen LogP contribution is -0.286. The topological polar surface area (TPSA) is 161 Å². The first-order valence-electron chi connectivity index (χ1n) is 0. The van der Waals surface area contributed by atoms with Crippen LogP contribution in [-0.4, -0.2) is 30.3 Å². The summed E-state index contributed by atoms with van der Waals surface area (Å²) in [4.78, 5) is 0. The molecule has 0 bridgehead atoms. The van der Waals surface area contributed by atoms with Gasteiger partial charge in [0.05, 0.1) is 0 Å². The van der Waals surface area contributed by atoms with Crippen LogP contribution in [0.15, 0.2) is 0 Å². The molecule has 0 amide bonds. The van der Waals surface area contributed by atoms with E-state index in [-0.39, 0.29) is 36.5 Å². The fraction of sp³-hybridized carbons (Fsp3) is 0. The molecule has 0 aliphatic rings. The zero-order valence-corrected chi connectivity index (χ0v) is 3.28. The van der Waals surface area contributed by atoms with Crippen molar-refractivity contribution in [2.24, 2.45) is 0 Å². The molecule has 3 radical (unpaired) electrons. The van der Waals surface area contributed by atoms with Crippen LogP contribution >= 0.6 is 0 Å². The number of rotatable bonds is 0. The summed E-state index contributed by atoms with van der Waals surface area (Å²) in [7, 11) is 0. The lowest BCUT2D eigenvalue weighted by molar-refractivity contribution is 0.823. The van der Waals surface area contributed by atoms with Crippen LogP contribution in [0.1, 0.15) is 0 Å². The van der Waals surface area contributed by atoms with Gasteiger partial charge in [-0.15, -0.1) is 0 Å². The molecule has 0 saturated heterocycles. The van der Waals surface area contributed by atoms with E-state index in [0.717, 1.165) is 0 Å². The maximum Gasteiger partial charge on any atom is 0 e. The first-order chi connectivity index (χ1) is 0. The van der Waals surface area contributed by atoms with Gasteiger partial charge in [-0.05, 0) is 0 Å². The molecular formula is H11BNO4. The van der Waals surface area contributed by atoms with Crippen molar-refractivity contribution in [1.82, 2.24) is 6.15 Å². The zero-order valence-electron chi connectivity index (χ0n) is 3.28. The van der Waals surface area contributed by atoms with Crippen molar-refractivity contribution in [3.05, 3.63) is 0 Å². The Morgan fingerprint density at radius 3 is 0.500 bits per heavy atom. The van der Waals surface area contributed by atoms with Gasteiger partial charge in [0.1, 0.15) is 0 Å². The fourth-order valence-corrected chi connectivity index (χ4v) is 0. The Bertz CT molecular complexity index is 7.51. The van der Waals surface area contributed by atoms with Gasteiger partial charge in [-0.25, -0.2) is 0 Å². The molecule has 0 aromatic rings. The van der Waals surface area contributed by atoms with Gasteiger partial charge < -0.3 is 28.1 Å². The fourth-order valence-electron chi connectivity index (χ4n) is 0. The Hall–Kier alpha value is -0.135. The summed E-state index contributed by atoms with van der Waals surface area (Å²) in [6, 6.07) is 0. The smallest absolute Gasteiger partial charge is 0 e. The van der Waals surface area contributed by atoms with Crippen molar-refractivity contribution >= 4 is 8.41 Å². The first-order valence-corrected chi connectivity index (χ1v) is 0. The van der Waals surface area contributed by atoms with Gasteiger partial charge in [-0.2, -0.15) is 0 Å². The van der Waals surface area contributed by atoms with Crippen LogP contribution < -0.4 is 6.15 Å². The maximum atomic E-state index is 0. The van der Waals surface area contributed by atoms with Gasteiger partial charge in [0, 0.05) is 8.41 Å². The van der Waals surface area contributed by atoms with E-state index in [9.17, 15) is 0 Å². The second-order valence-corrected chi connectivity index (χ2v) is 0. The van der Waals surface area contributed by atoms with Crippen molar-refractivity contribution in [1.29, 1.82) is 0 Å².